The molecule has 1 amide bonds. The maximum atomic E-state index is 12.6. The summed E-state index contributed by atoms with van der Waals surface area (Å²) in [5.41, 5.74) is 0. The molecule has 0 aliphatic heterocycles. The zero-order valence-electron chi connectivity index (χ0n) is 25.6. The molecule has 0 heterocycles. The second-order valence-corrected chi connectivity index (χ2v) is 11.5. The Morgan fingerprint density at radius 1 is 0.854 bits per heavy atom. The van der Waals surface area contributed by atoms with E-state index >= 15 is 0 Å². The molecule has 0 spiro atoms. The maximum Gasteiger partial charge on any atom is 0.311 e. The van der Waals surface area contributed by atoms with Crippen LogP contribution in [0.2, 0.25) is 0 Å². The summed E-state index contributed by atoms with van der Waals surface area (Å²) >= 11 is 1.31. The third kappa shape index (κ3) is 21.3. The Kier molecular flexibility index (Phi) is 24.2. The number of thioether (sulfide) groups is 1. The van der Waals surface area contributed by atoms with Crippen LogP contribution in [0.3, 0.4) is 0 Å². The number of Topliss-reactive ketones (excluding diaryl/α,β-unsaturated/α-hetero) is 1. The lowest BCUT2D eigenvalue weighted by atomic mass is 10.00. The van der Waals surface area contributed by atoms with Gasteiger partial charge >= 0.3 is 17.9 Å². The second-order valence-electron chi connectivity index (χ2n) is 10.3. The van der Waals surface area contributed by atoms with Crippen molar-refractivity contribution in [1.29, 1.82) is 0 Å². The minimum Gasteiger partial charge on any atom is -0.469 e. The van der Waals surface area contributed by atoms with Gasteiger partial charge in [0.05, 0.1) is 32.1 Å². The van der Waals surface area contributed by atoms with E-state index in [0.717, 1.165) is 19.3 Å². The molecule has 11 heteroatoms. The van der Waals surface area contributed by atoms with Crippen molar-refractivity contribution >= 4 is 41.4 Å². The molecule has 0 aliphatic rings. The number of hydrogen-bond acceptors (Lipinski definition) is 10. The highest BCUT2D eigenvalue weighted by atomic mass is 32.2. The molecule has 0 aliphatic carbocycles. The van der Waals surface area contributed by atoms with E-state index in [4.69, 9.17) is 9.47 Å². The molecule has 0 unspecified atom stereocenters. The lowest BCUT2D eigenvalue weighted by molar-refractivity contribution is -0.155. The number of aliphatic hydroxyl groups is 1. The molecule has 0 aromatic rings. The Labute approximate surface area is 250 Å². The van der Waals surface area contributed by atoms with Crippen LogP contribution in [-0.4, -0.2) is 78.7 Å². The zero-order valence-corrected chi connectivity index (χ0v) is 26.4. The Bertz CT molecular complexity index is 762. The van der Waals surface area contributed by atoms with Gasteiger partial charge in [0.25, 0.3) is 0 Å². The maximum absolute atomic E-state index is 12.6. The summed E-state index contributed by atoms with van der Waals surface area (Å²) in [6.45, 7) is 4.95. The summed E-state index contributed by atoms with van der Waals surface area (Å²) < 4.78 is 15.5. The van der Waals surface area contributed by atoms with Crippen molar-refractivity contribution in [1.82, 2.24) is 5.32 Å². The van der Waals surface area contributed by atoms with Gasteiger partial charge in [-0.25, -0.2) is 0 Å². The fourth-order valence-electron chi connectivity index (χ4n) is 4.23. The third-order valence-corrected chi connectivity index (χ3v) is 7.54. The van der Waals surface area contributed by atoms with Gasteiger partial charge in [-0.2, -0.15) is 11.8 Å². The molecule has 0 bridgehead atoms. The van der Waals surface area contributed by atoms with Crippen LogP contribution in [0.5, 0.6) is 0 Å². The number of methoxy groups -OCH3 is 1. The fourth-order valence-corrected chi connectivity index (χ4v) is 5.10. The Morgan fingerprint density at radius 2 is 1.49 bits per heavy atom. The fraction of sp³-hybridized carbons (Fsp3) is 0.833. The first-order valence-electron chi connectivity index (χ1n) is 15.1. The van der Waals surface area contributed by atoms with Crippen LogP contribution in [0.25, 0.3) is 0 Å². The lowest BCUT2D eigenvalue weighted by Gasteiger charge is -2.19. The zero-order chi connectivity index (χ0) is 30.9. The third-order valence-electron chi connectivity index (χ3n) is 6.52. The number of esters is 3. The van der Waals surface area contributed by atoms with Gasteiger partial charge in [-0.1, -0.05) is 65.2 Å². The minimum absolute atomic E-state index is 0.000216. The van der Waals surface area contributed by atoms with Crippen molar-refractivity contribution in [2.24, 2.45) is 5.92 Å². The topological polar surface area (TPSA) is 145 Å². The van der Waals surface area contributed by atoms with Crippen molar-refractivity contribution in [2.45, 2.75) is 123 Å². The van der Waals surface area contributed by atoms with Crippen molar-refractivity contribution in [2.75, 3.05) is 31.8 Å². The summed E-state index contributed by atoms with van der Waals surface area (Å²) in [5.74, 6) is -2.65. The predicted molar refractivity (Wildman–Crippen MR) is 159 cm³/mol. The molecule has 10 nitrogen and oxygen atoms in total. The van der Waals surface area contributed by atoms with E-state index in [0.29, 0.717) is 25.0 Å². The van der Waals surface area contributed by atoms with Crippen molar-refractivity contribution in [3.8, 4) is 0 Å². The van der Waals surface area contributed by atoms with E-state index in [-0.39, 0.29) is 31.2 Å². The summed E-state index contributed by atoms with van der Waals surface area (Å²) in [5, 5.41) is 11.9. The number of aliphatic hydroxyl groups excluding tert-OH is 1. The summed E-state index contributed by atoms with van der Waals surface area (Å²) in [6, 6.07) is -0.856. The molecular weight excluding hydrogens is 550 g/mol. The summed E-state index contributed by atoms with van der Waals surface area (Å²) in [4.78, 5) is 60.4. The average molecular weight is 604 g/mol. The molecule has 0 aromatic heterocycles. The Morgan fingerprint density at radius 3 is 2.05 bits per heavy atom. The number of ketones is 1. The Balaban J connectivity index is 4.55. The van der Waals surface area contributed by atoms with Gasteiger partial charge in [-0.15, -0.1) is 0 Å². The number of hydrogen-bond donors (Lipinski definition) is 2. The average Bonchev–Trinajstić information content (AvgIpc) is 2.93. The number of amides is 1. The first kappa shape index (κ1) is 38.9. The first-order chi connectivity index (χ1) is 19.7. The van der Waals surface area contributed by atoms with Gasteiger partial charge in [0.1, 0.15) is 12.7 Å². The number of unbranched alkanes of at least 4 members (excludes halogenated alkanes) is 8. The van der Waals surface area contributed by atoms with Crippen LogP contribution in [0, 0.1) is 5.92 Å². The van der Waals surface area contributed by atoms with Gasteiger partial charge < -0.3 is 24.6 Å². The highest BCUT2D eigenvalue weighted by Gasteiger charge is 2.27. The van der Waals surface area contributed by atoms with Gasteiger partial charge in [0, 0.05) is 31.3 Å². The highest BCUT2D eigenvalue weighted by Crippen LogP contribution is 2.16. The molecule has 0 fully saturated rings. The predicted octanol–water partition coefficient (Wildman–Crippen LogP) is 4.53. The number of carbonyl (C=O) groups is 5. The quantitative estimate of drug-likeness (QED) is 0.0821. The van der Waals surface area contributed by atoms with Crippen LogP contribution in [0.15, 0.2) is 0 Å². The van der Waals surface area contributed by atoms with Gasteiger partial charge in [-0.3, -0.25) is 24.0 Å². The first-order valence-corrected chi connectivity index (χ1v) is 16.2. The molecule has 238 valence electrons. The SMILES string of the molecule is CCCCCCCCCCC[C@H](CC(=O)OCCSC[C@H](NC(C)=O)C(=O)C[C@@H](CO)C(=O)OC)OC(=O)CCC. The second kappa shape index (κ2) is 25.6. The molecule has 0 rings (SSSR count). The molecule has 41 heavy (non-hydrogen) atoms. The van der Waals surface area contributed by atoms with Gasteiger partial charge in [0.15, 0.2) is 5.78 Å². The van der Waals surface area contributed by atoms with E-state index in [1.54, 1.807) is 0 Å². The standard InChI is InChI=1S/C30H53NO9S/c1-5-7-8-9-10-11-12-13-14-16-25(40-28(35)15-6-2)20-29(36)39-17-18-41-22-26(31-23(3)33)27(34)19-24(21-32)30(37)38-4/h24-26,32H,5-22H2,1-4H3,(H,31,33)/t24-,25+,26-/m0/s1. The van der Waals surface area contributed by atoms with E-state index in [9.17, 15) is 29.1 Å². The Hall–Kier alpha value is -2.14. The number of ether oxygens (including phenoxy) is 3. The van der Waals surface area contributed by atoms with Crippen molar-refractivity contribution < 1.29 is 43.3 Å². The molecule has 3 atom stereocenters. The summed E-state index contributed by atoms with van der Waals surface area (Å²) in [7, 11) is 1.17. The molecule has 0 aromatic carbocycles. The van der Waals surface area contributed by atoms with E-state index in [1.165, 1.54) is 64.3 Å². The molecular formula is C30H53NO9S. The van der Waals surface area contributed by atoms with Crippen LogP contribution < -0.4 is 5.32 Å². The van der Waals surface area contributed by atoms with Crippen LogP contribution >= 0.6 is 11.8 Å². The molecule has 2 N–H and O–H groups in total. The van der Waals surface area contributed by atoms with Crippen molar-refractivity contribution in [3.63, 3.8) is 0 Å². The number of carbonyl (C=O) groups excluding carboxylic acids is 5. The van der Waals surface area contributed by atoms with Gasteiger partial charge in [0.2, 0.25) is 5.91 Å². The molecule has 0 radical (unpaired) electrons. The monoisotopic (exact) mass is 603 g/mol. The van der Waals surface area contributed by atoms with Crippen LogP contribution in [-0.2, 0) is 38.2 Å². The summed E-state index contributed by atoms with van der Waals surface area (Å²) in [6.07, 6.45) is 11.4. The van der Waals surface area contributed by atoms with E-state index in [2.05, 4.69) is 17.0 Å². The lowest BCUT2D eigenvalue weighted by Crippen LogP contribution is -2.43. The molecule has 0 saturated heterocycles. The highest BCUT2D eigenvalue weighted by molar-refractivity contribution is 7.99. The smallest absolute Gasteiger partial charge is 0.311 e. The van der Waals surface area contributed by atoms with Crippen LogP contribution in [0.1, 0.15) is 111 Å². The van der Waals surface area contributed by atoms with Gasteiger partial charge in [-0.05, 0) is 19.3 Å². The van der Waals surface area contributed by atoms with E-state index < -0.39 is 48.3 Å². The van der Waals surface area contributed by atoms with E-state index in [1.807, 2.05) is 6.92 Å². The number of nitrogens with one attached hydrogen (secondary N) is 1. The largest absolute Gasteiger partial charge is 0.469 e. The normalized spacial score (nSPS) is 13.1. The molecule has 0 saturated carbocycles. The van der Waals surface area contributed by atoms with Crippen LogP contribution in [0.4, 0.5) is 0 Å². The minimum atomic E-state index is -0.996. The number of rotatable bonds is 26. The van der Waals surface area contributed by atoms with Crippen molar-refractivity contribution in [3.05, 3.63) is 0 Å².